The van der Waals surface area contributed by atoms with Crippen LogP contribution in [-0.4, -0.2) is 45.3 Å². The Balaban J connectivity index is 1.22. The molecule has 0 radical (unpaired) electrons. The van der Waals surface area contributed by atoms with Crippen molar-refractivity contribution >= 4 is 28.9 Å². The lowest BCUT2D eigenvalue weighted by molar-refractivity contribution is -0.131. The van der Waals surface area contributed by atoms with Crippen LogP contribution in [0.1, 0.15) is 24.2 Å². The molecule has 154 valence electrons. The molecule has 1 fully saturated rings. The summed E-state index contributed by atoms with van der Waals surface area (Å²) in [4.78, 5) is 45.8. The highest BCUT2D eigenvalue weighted by Gasteiger charge is 2.38. The first kappa shape index (κ1) is 19.6. The number of hydrogen-bond donors (Lipinski definition) is 3. The average Bonchev–Trinajstić information content (AvgIpc) is 3.28. The van der Waals surface area contributed by atoms with Gasteiger partial charge in [-0.1, -0.05) is 42.5 Å². The first-order valence-corrected chi connectivity index (χ1v) is 9.96. The first-order chi connectivity index (χ1) is 14.6. The van der Waals surface area contributed by atoms with Crippen molar-refractivity contribution in [3.8, 4) is 0 Å². The van der Waals surface area contributed by atoms with Gasteiger partial charge in [-0.05, 0) is 24.1 Å². The van der Waals surface area contributed by atoms with Crippen molar-refractivity contribution in [2.24, 2.45) is 0 Å². The molecular weight excluding hydrogens is 382 g/mol. The number of imidazole rings is 1. The summed E-state index contributed by atoms with van der Waals surface area (Å²) in [6.07, 6.45) is 1.36. The number of amides is 4. The molecule has 0 spiro atoms. The number of carbonyl (C=O) groups excluding carboxylic acids is 3. The highest BCUT2D eigenvalue weighted by molar-refractivity contribution is 6.05. The van der Waals surface area contributed by atoms with E-state index in [0.29, 0.717) is 13.0 Å². The second-order valence-electron chi connectivity index (χ2n) is 7.27. The molecule has 30 heavy (non-hydrogen) atoms. The monoisotopic (exact) mass is 405 g/mol. The lowest BCUT2D eigenvalue weighted by Crippen LogP contribution is -2.36. The topological polar surface area (TPSA) is 107 Å². The fourth-order valence-electron chi connectivity index (χ4n) is 3.50. The molecule has 0 bridgehead atoms. The number of hydrogen-bond acceptors (Lipinski definition) is 4. The third-order valence-electron chi connectivity index (χ3n) is 5.03. The zero-order valence-corrected chi connectivity index (χ0v) is 16.4. The lowest BCUT2D eigenvalue weighted by atomic mass is 10.1. The van der Waals surface area contributed by atoms with E-state index in [4.69, 9.17) is 0 Å². The van der Waals surface area contributed by atoms with Gasteiger partial charge in [-0.2, -0.15) is 0 Å². The van der Waals surface area contributed by atoms with E-state index < -0.39 is 12.1 Å². The molecule has 8 nitrogen and oxygen atoms in total. The Labute approximate surface area is 173 Å². The van der Waals surface area contributed by atoms with Crippen LogP contribution in [0, 0.1) is 0 Å². The Hall–Kier alpha value is -3.68. The molecule has 1 aliphatic rings. The van der Waals surface area contributed by atoms with Crippen LogP contribution in [0.2, 0.25) is 0 Å². The number of benzene rings is 2. The zero-order valence-electron chi connectivity index (χ0n) is 16.4. The van der Waals surface area contributed by atoms with Gasteiger partial charge in [-0.3, -0.25) is 14.5 Å². The number of aryl methyl sites for hydroxylation is 1. The number of imide groups is 1. The number of carbonyl (C=O) groups is 3. The van der Waals surface area contributed by atoms with E-state index in [-0.39, 0.29) is 24.8 Å². The fourth-order valence-corrected chi connectivity index (χ4v) is 3.50. The number of nitrogens with one attached hydrogen (secondary N) is 3. The minimum absolute atomic E-state index is 0.0689. The van der Waals surface area contributed by atoms with Gasteiger partial charge in [0.15, 0.2) is 0 Å². The largest absolute Gasteiger partial charge is 0.356 e. The number of rotatable bonds is 8. The number of H-pyrrole nitrogens is 1. The molecule has 1 aromatic heterocycles. The van der Waals surface area contributed by atoms with E-state index in [2.05, 4.69) is 20.6 Å². The third-order valence-corrected chi connectivity index (χ3v) is 5.03. The van der Waals surface area contributed by atoms with Crippen LogP contribution in [0.5, 0.6) is 0 Å². The second-order valence-corrected chi connectivity index (χ2v) is 7.27. The van der Waals surface area contributed by atoms with E-state index >= 15 is 0 Å². The van der Waals surface area contributed by atoms with Gasteiger partial charge < -0.3 is 15.6 Å². The number of nitrogens with zero attached hydrogens (tertiary/aromatic N) is 2. The van der Waals surface area contributed by atoms with Crippen molar-refractivity contribution in [3.05, 3.63) is 66.0 Å². The van der Waals surface area contributed by atoms with Gasteiger partial charge >= 0.3 is 6.03 Å². The average molecular weight is 405 g/mol. The summed E-state index contributed by atoms with van der Waals surface area (Å²) in [7, 11) is 0. The van der Waals surface area contributed by atoms with Gasteiger partial charge in [0.05, 0.1) is 24.0 Å². The molecule has 2 heterocycles. The normalized spacial score (nSPS) is 16.1. The predicted octanol–water partition coefficient (Wildman–Crippen LogP) is 2.12. The van der Waals surface area contributed by atoms with Gasteiger partial charge in [0.1, 0.15) is 11.9 Å². The smallest absolute Gasteiger partial charge is 0.325 e. The van der Waals surface area contributed by atoms with Gasteiger partial charge in [0, 0.05) is 13.0 Å². The molecule has 3 N–H and O–H groups in total. The molecule has 1 saturated heterocycles. The summed E-state index contributed by atoms with van der Waals surface area (Å²) in [5.41, 5.74) is 2.77. The highest BCUT2D eigenvalue weighted by atomic mass is 16.2. The lowest BCUT2D eigenvalue weighted by Gasteiger charge is -2.13. The molecule has 4 amide bonds. The molecule has 0 saturated carbocycles. The predicted molar refractivity (Wildman–Crippen MR) is 111 cm³/mol. The van der Waals surface area contributed by atoms with E-state index in [1.165, 1.54) is 0 Å². The molecule has 0 unspecified atom stereocenters. The third kappa shape index (κ3) is 4.48. The van der Waals surface area contributed by atoms with Crippen molar-refractivity contribution in [2.45, 2.75) is 31.8 Å². The highest BCUT2D eigenvalue weighted by Crippen LogP contribution is 2.14. The molecule has 8 heteroatoms. The number of para-hydroxylation sites is 2. The molecule has 3 aromatic rings. The van der Waals surface area contributed by atoms with Gasteiger partial charge in [-0.15, -0.1) is 0 Å². The minimum atomic E-state index is -0.823. The Morgan fingerprint density at radius 3 is 2.63 bits per heavy atom. The Morgan fingerprint density at radius 1 is 1.07 bits per heavy atom. The second kappa shape index (κ2) is 8.77. The zero-order chi connectivity index (χ0) is 20.9. The van der Waals surface area contributed by atoms with Crippen molar-refractivity contribution in [1.29, 1.82) is 0 Å². The minimum Gasteiger partial charge on any atom is -0.356 e. The summed E-state index contributed by atoms with van der Waals surface area (Å²) in [6.45, 7) is 0.666. The summed E-state index contributed by atoms with van der Waals surface area (Å²) in [5, 5.41) is 5.41. The van der Waals surface area contributed by atoms with Crippen LogP contribution in [0.4, 0.5) is 4.79 Å². The summed E-state index contributed by atoms with van der Waals surface area (Å²) in [5.74, 6) is 0.237. The number of aromatic amines is 1. The van der Waals surface area contributed by atoms with E-state index in [9.17, 15) is 14.4 Å². The molecule has 4 rings (SSSR count). The van der Waals surface area contributed by atoms with Crippen molar-refractivity contribution in [2.75, 3.05) is 6.54 Å². The van der Waals surface area contributed by atoms with E-state index in [0.717, 1.165) is 33.7 Å². The van der Waals surface area contributed by atoms with Crippen molar-refractivity contribution < 1.29 is 14.4 Å². The van der Waals surface area contributed by atoms with Gasteiger partial charge in [0.2, 0.25) is 5.91 Å². The van der Waals surface area contributed by atoms with Crippen molar-refractivity contribution in [3.63, 3.8) is 0 Å². The van der Waals surface area contributed by atoms with Gasteiger partial charge in [-0.25, -0.2) is 9.78 Å². The Bertz CT molecular complexity index is 1030. The van der Waals surface area contributed by atoms with Gasteiger partial charge in [0.25, 0.3) is 5.91 Å². The molecular formula is C22H23N5O3. The number of urea groups is 1. The molecule has 1 atom stereocenters. The van der Waals surface area contributed by atoms with Crippen LogP contribution in [0.3, 0.4) is 0 Å². The quantitative estimate of drug-likeness (QED) is 0.394. The van der Waals surface area contributed by atoms with Crippen LogP contribution < -0.4 is 10.6 Å². The van der Waals surface area contributed by atoms with Crippen molar-refractivity contribution in [1.82, 2.24) is 25.5 Å². The Kier molecular flexibility index (Phi) is 5.74. The maximum absolute atomic E-state index is 12.5. The number of aromatic nitrogens is 2. The van der Waals surface area contributed by atoms with E-state index in [1.54, 1.807) is 0 Å². The first-order valence-electron chi connectivity index (χ1n) is 9.96. The molecule has 2 aromatic carbocycles. The summed E-state index contributed by atoms with van der Waals surface area (Å²) < 4.78 is 0. The molecule has 0 aliphatic carbocycles. The van der Waals surface area contributed by atoms with Crippen LogP contribution in [0.15, 0.2) is 54.6 Å². The van der Waals surface area contributed by atoms with Crippen LogP contribution >= 0.6 is 0 Å². The molecule has 1 aliphatic heterocycles. The number of fused-ring (bicyclic) bond motifs is 1. The van der Waals surface area contributed by atoms with Crippen LogP contribution in [0.25, 0.3) is 11.0 Å². The maximum atomic E-state index is 12.5. The standard InChI is InChI=1S/C22H23N5O3/c28-20(23-12-6-11-19-24-16-9-4-5-10-17(16)25-19)13-18-21(29)27(22(30)26-18)14-15-7-2-1-3-8-15/h1-5,7-10,18H,6,11-14H2,(H,23,28)(H,24,25)(H,26,30)/t18-/m1/s1. The SMILES string of the molecule is O=C(C[C@H]1NC(=O)N(Cc2ccccc2)C1=O)NCCCc1nc2ccccc2[nH]1. The summed E-state index contributed by atoms with van der Waals surface area (Å²) >= 11 is 0. The fraction of sp³-hybridized carbons (Fsp3) is 0.273. The maximum Gasteiger partial charge on any atom is 0.325 e. The van der Waals surface area contributed by atoms with E-state index in [1.807, 2.05) is 54.6 Å². The van der Waals surface area contributed by atoms with Crippen LogP contribution in [-0.2, 0) is 22.6 Å². The Morgan fingerprint density at radius 2 is 1.83 bits per heavy atom. The summed E-state index contributed by atoms with van der Waals surface area (Å²) in [6, 6.07) is 15.8.